The molecular weight excluding hydrogens is 274 g/mol. The maximum atomic E-state index is 11.8. The lowest BCUT2D eigenvalue weighted by Crippen LogP contribution is -2.31. The Morgan fingerprint density at radius 3 is 2.56 bits per heavy atom. The van der Waals surface area contributed by atoms with Gasteiger partial charge in [0.1, 0.15) is 10.8 Å². The van der Waals surface area contributed by atoms with Crippen LogP contribution in [-0.4, -0.2) is 37.4 Å². The van der Waals surface area contributed by atoms with E-state index in [0.29, 0.717) is 9.90 Å². The lowest BCUT2D eigenvalue weighted by molar-refractivity contribution is -0.137. The van der Waals surface area contributed by atoms with Gasteiger partial charge in [0.05, 0.1) is 4.34 Å². The van der Waals surface area contributed by atoms with Gasteiger partial charge in [-0.2, -0.15) is 4.31 Å². The first-order chi connectivity index (χ1) is 7.25. The molecule has 0 atom stereocenters. The highest BCUT2D eigenvalue weighted by Crippen LogP contribution is 2.31. The number of hydrogen-bond acceptors (Lipinski definition) is 4. The van der Waals surface area contributed by atoms with Gasteiger partial charge in [-0.25, -0.2) is 8.42 Å². The van der Waals surface area contributed by atoms with Crippen molar-refractivity contribution in [1.82, 2.24) is 4.31 Å². The van der Waals surface area contributed by atoms with Gasteiger partial charge < -0.3 is 5.11 Å². The molecule has 0 aliphatic heterocycles. The van der Waals surface area contributed by atoms with Crippen molar-refractivity contribution in [1.29, 1.82) is 0 Å². The van der Waals surface area contributed by atoms with Crippen LogP contribution >= 0.6 is 22.9 Å². The molecule has 8 heteroatoms. The van der Waals surface area contributed by atoms with Crippen LogP contribution in [0.2, 0.25) is 4.34 Å². The fourth-order valence-electron chi connectivity index (χ4n) is 0.988. The maximum Gasteiger partial charge on any atom is 0.318 e. The van der Waals surface area contributed by atoms with Gasteiger partial charge in [0, 0.05) is 7.05 Å². The molecule has 1 aromatic heterocycles. The molecule has 0 saturated carbocycles. The number of aryl methyl sites for hydroxylation is 1. The lowest BCUT2D eigenvalue weighted by Gasteiger charge is -2.12. The summed E-state index contributed by atoms with van der Waals surface area (Å²) in [4.78, 5) is 10.4. The summed E-state index contributed by atoms with van der Waals surface area (Å²) in [6.07, 6.45) is 0. The van der Waals surface area contributed by atoms with E-state index in [-0.39, 0.29) is 4.21 Å². The van der Waals surface area contributed by atoms with Crippen LogP contribution in [-0.2, 0) is 14.8 Å². The quantitative estimate of drug-likeness (QED) is 0.907. The number of carboxylic acids is 1. The monoisotopic (exact) mass is 283 g/mol. The Hall–Kier alpha value is -0.630. The first kappa shape index (κ1) is 13.4. The number of carbonyl (C=O) groups is 1. The summed E-state index contributed by atoms with van der Waals surface area (Å²) in [7, 11) is -2.53. The van der Waals surface area contributed by atoms with E-state index >= 15 is 0 Å². The van der Waals surface area contributed by atoms with Gasteiger partial charge >= 0.3 is 5.97 Å². The third kappa shape index (κ3) is 2.73. The minimum atomic E-state index is -3.75. The van der Waals surface area contributed by atoms with E-state index in [4.69, 9.17) is 16.7 Å². The maximum absolute atomic E-state index is 11.8. The van der Waals surface area contributed by atoms with Crippen molar-refractivity contribution in [2.24, 2.45) is 0 Å². The van der Waals surface area contributed by atoms with Crippen LogP contribution in [0.5, 0.6) is 0 Å². The summed E-state index contributed by atoms with van der Waals surface area (Å²) in [6, 6.07) is 1.43. The Morgan fingerprint density at radius 1 is 1.62 bits per heavy atom. The Morgan fingerprint density at radius 2 is 2.19 bits per heavy atom. The van der Waals surface area contributed by atoms with Crippen LogP contribution in [0.1, 0.15) is 5.56 Å². The zero-order chi connectivity index (χ0) is 12.5. The first-order valence-electron chi connectivity index (χ1n) is 4.19. The SMILES string of the molecule is Cc1cc(S(=O)(=O)N(C)CC(=O)O)sc1Cl. The molecule has 1 aromatic rings. The van der Waals surface area contributed by atoms with Crippen LogP contribution < -0.4 is 0 Å². The summed E-state index contributed by atoms with van der Waals surface area (Å²) in [5, 5.41) is 8.53. The van der Waals surface area contributed by atoms with Crippen molar-refractivity contribution < 1.29 is 18.3 Å². The number of aliphatic carboxylic acids is 1. The number of thiophene rings is 1. The molecule has 0 amide bonds. The van der Waals surface area contributed by atoms with Crippen LogP contribution in [0.15, 0.2) is 10.3 Å². The molecule has 1 rings (SSSR count). The van der Waals surface area contributed by atoms with Gasteiger partial charge in [-0.3, -0.25) is 4.79 Å². The molecule has 0 aliphatic rings. The number of sulfonamides is 1. The van der Waals surface area contributed by atoms with Crippen molar-refractivity contribution in [2.45, 2.75) is 11.1 Å². The number of nitrogens with zero attached hydrogens (tertiary/aromatic N) is 1. The highest BCUT2D eigenvalue weighted by atomic mass is 35.5. The molecule has 1 heterocycles. The molecule has 90 valence electrons. The number of carboxylic acid groups (broad SMARTS) is 1. The molecular formula is C8H10ClNO4S2. The van der Waals surface area contributed by atoms with E-state index in [1.54, 1.807) is 6.92 Å². The molecule has 0 spiro atoms. The smallest absolute Gasteiger partial charge is 0.318 e. The van der Waals surface area contributed by atoms with Crippen molar-refractivity contribution in [3.05, 3.63) is 16.0 Å². The number of likely N-dealkylation sites (N-methyl/N-ethyl adjacent to an activating group) is 1. The summed E-state index contributed by atoms with van der Waals surface area (Å²) in [6.45, 7) is 1.12. The van der Waals surface area contributed by atoms with E-state index in [9.17, 15) is 13.2 Å². The van der Waals surface area contributed by atoms with Gasteiger partial charge in [-0.15, -0.1) is 11.3 Å². The number of rotatable bonds is 4. The second kappa shape index (κ2) is 4.70. The van der Waals surface area contributed by atoms with Crippen molar-refractivity contribution in [2.75, 3.05) is 13.6 Å². The fraction of sp³-hybridized carbons (Fsp3) is 0.375. The van der Waals surface area contributed by atoms with Crippen molar-refractivity contribution in [3.63, 3.8) is 0 Å². The van der Waals surface area contributed by atoms with E-state index in [0.717, 1.165) is 15.6 Å². The Kier molecular flexibility index (Phi) is 3.95. The minimum absolute atomic E-state index is 0.0544. The number of hydrogen-bond donors (Lipinski definition) is 1. The second-order valence-electron chi connectivity index (χ2n) is 3.18. The van der Waals surface area contributed by atoms with Crippen LogP contribution in [0.3, 0.4) is 0 Å². The third-order valence-electron chi connectivity index (χ3n) is 1.86. The molecule has 0 saturated heterocycles. The minimum Gasteiger partial charge on any atom is -0.480 e. The predicted octanol–water partition coefficient (Wildman–Crippen LogP) is 1.42. The van der Waals surface area contributed by atoms with Gasteiger partial charge in [-0.05, 0) is 18.6 Å². The molecule has 0 bridgehead atoms. The zero-order valence-corrected chi connectivity index (χ0v) is 11.0. The van der Waals surface area contributed by atoms with E-state index in [1.165, 1.54) is 13.1 Å². The average molecular weight is 284 g/mol. The summed E-state index contributed by atoms with van der Waals surface area (Å²) in [5.41, 5.74) is 0.661. The summed E-state index contributed by atoms with van der Waals surface area (Å²) >= 11 is 6.68. The molecule has 1 N–H and O–H groups in total. The average Bonchev–Trinajstić information content (AvgIpc) is 2.46. The van der Waals surface area contributed by atoms with Crippen molar-refractivity contribution in [3.8, 4) is 0 Å². The molecule has 0 aliphatic carbocycles. The predicted molar refractivity (Wildman–Crippen MR) is 61.5 cm³/mol. The van der Waals surface area contributed by atoms with Gasteiger partial charge in [0.25, 0.3) is 10.0 Å². The highest BCUT2D eigenvalue weighted by molar-refractivity contribution is 7.91. The molecule has 0 fully saturated rings. The van der Waals surface area contributed by atoms with Gasteiger partial charge in [0.15, 0.2) is 0 Å². The molecule has 0 radical (unpaired) electrons. The zero-order valence-electron chi connectivity index (χ0n) is 8.60. The standard InChI is InChI=1S/C8H10ClNO4S2/c1-5-3-7(15-8(5)9)16(13,14)10(2)4-6(11)12/h3H,4H2,1-2H3,(H,11,12). The van der Waals surface area contributed by atoms with E-state index in [1.807, 2.05) is 0 Å². The Bertz CT molecular complexity index is 489. The van der Waals surface area contributed by atoms with Crippen LogP contribution in [0, 0.1) is 6.92 Å². The largest absolute Gasteiger partial charge is 0.480 e. The van der Waals surface area contributed by atoms with Gasteiger partial charge in [0.2, 0.25) is 0 Å². The molecule has 0 unspecified atom stereocenters. The van der Waals surface area contributed by atoms with Crippen molar-refractivity contribution >= 4 is 38.9 Å². The van der Waals surface area contributed by atoms with E-state index in [2.05, 4.69) is 0 Å². The highest BCUT2D eigenvalue weighted by Gasteiger charge is 2.25. The summed E-state index contributed by atoms with van der Waals surface area (Å²) < 4.78 is 24.9. The normalized spacial score (nSPS) is 12.0. The van der Waals surface area contributed by atoms with Gasteiger partial charge in [-0.1, -0.05) is 11.6 Å². The third-order valence-corrected chi connectivity index (χ3v) is 5.66. The van der Waals surface area contributed by atoms with Crippen LogP contribution in [0.4, 0.5) is 0 Å². The Labute approximate surface area is 102 Å². The molecule has 5 nitrogen and oxygen atoms in total. The topological polar surface area (TPSA) is 74.7 Å². The van der Waals surface area contributed by atoms with E-state index < -0.39 is 22.5 Å². The fourth-order valence-corrected chi connectivity index (χ4v) is 4.03. The Balaban J connectivity index is 3.06. The number of halogens is 1. The second-order valence-corrected chi connectivity index (χ2v) is 7.10. The molecule has 0 aromatic carbocycles. The summed E-state index contributed by atoms with van der Waals surface area (Å²) in [5.74, 6) is -1.20. The first-order valence-corrected chi connectivity index (χ1v) is 6.82. The molecule has 16 heavy (non-hydrogen) atoms. The lowest BCUT2D eigenvalue weighted by atomic mass is 10.4. The van der Waals surface area contributed by atoms with Crippen LogP contribution in [0.25, 0.3) is 0 Å².